The molecule has 0 radical (unpaired) electrons. The summed E-state index contributed by atoms with van der Waals surface area (Å²) in [6, 6.07) is 13.8. The molecule has 1 aliphatic heterocycles. The average molecular weight is 286 g/mol. The standard InChI is InChI=1S/C17H15FO3/c1-11-13-7-3-5-9-15(13)21-16(11)17(19)20-10-12-6-2-4-8-14(12)18/h2-9,11,16H,10H2,1H3. The van der Waals surface area contributed by atoms with Gasteiger partial charge in [0.25, 0.3) is 0 Å². The maximum atomic E-state index is 13.5. The molecule has 2 atom stereocenters. The second kappa shape index (κ2) is 5.56. The Morgan fingerprint density at radius 1 is 1.19 bits per heavy atom. The van der Waals surface area contributed by atoms with Crippen LogP contribution in [-0.4, -0.2) is 12.1 Å². The minimum atomic E-state index is -0.672. The zero-order chi connectivity index (χ0) is 14.8. The molecule has 1 aliphatic rings. The van der Waals surface area contributed by atoms with Crippen LogP contribution in [-0.2, 0) is 16.1 Å². The van der Waals surface area contributed by atoms with Crippen LogP contribution < -0.4 is 4.74 Å². The number of esters is 1. The van der Waals surface area contributed by atoms with Crippen molar-refractivity contribution in [2.24, 2.45) is 0 Å². The van der Waals surface area contributed by atoms with E-state index in [1.807, 2.05) is 31.2 Å². The Morgan fingerprint density at radius 2 is 1.90 bits per heavy atom. The van der Waals surface area contributed by atoms with Crippen molar-refractivity contribution < 1.29 is 18.7 Å². The predicted molar refractivity (Wildman–Crippen MR) is 75.5 cm³/mol. The van der Waals surface area contributed by atoms with Crippen molar-refractivity contribution >= 4 is 5.97 Å². The number of rotatable bonds is 3. The van der Waals surface area contributed by atoms with Gasteiger partial charge in [0.05, 0.1) is 0 Å². The molecule has 2 aromatic rings. The molecule has 2 unspecified atom stereocenters. The molecule has 0 bridgehead atoms. The van der Waals surface area contributed by atoms with Crippen LogP contribution in [0.2, 0.25) is 0 Å². The highest BCUT2D eigenvalue weighted by atomic mass is 19.1. The molecule has 0 spiro atoms. The first kappa shape index (κ1) is 13.6. The molecular weight excluding hydrogens is 271 g/mol. The lowest BCUT2D eigenvalue weighted by Gasteiger charge is -2.14. The molecular formula is C17H15FO3. The minimum Gasteiger partial charge on any atom is -0.478 e. The number of carbonyl (C=O) groups excluding carboxylic acids is 1. The topological polar surface area (TPSA) is 35.5 Å². The number of ether oxygens (including phenoxy) is 2. The van der Waals surface area contributed by atoms with Crippen LogP contribution in [0, 0.1) is 5.82 Å². The van der Waals surface area contributed by atoms with Gasteiger partial charge >= 0.3 is 5.97 Å². The molecule has 0 amide bonds. The summed E-state index contributed by atoms with van der Waals surface area (Å²) >= 11 is 0. The van der Waals surface area contributed by atoms with E-state index in [4.69, 9.17) is 9.47 Å². The van der Waals surface area contributed by atoms with E-state index in [0.29, 0.717) is 11.3 Å². The molecule has 3 rings (SSSR count). The largest absolute Gasteiger partial charge is 0.478 e. The van der Waals surface area contributed by atoms with Crippen molar-refractivity contribution in [1.29, 1.82) is 0 Å². The van der Waals surface area contributed by atoms with Gasteiger partial charge in [-0.1, -0.05) is 43.3 Å². The molecule has 21 heavy (non-hydrogen) atoms. The van der Waals surface area contributed by atoms with E-state index in [-0.39, 0.29) is 18.3 Å². The van der Waals surface area contributed by atoms with Gasteiger partial charge in [-0.25, -0.2) is 9.18 Å². The summed E-state index contributed by atoms with van der Waals surface area (Å²) in [6.07, 6.45) is -0.672. The van der Waals surface area contributed by atoms with E-state index in [2.05, 4.69) is 0 Å². The number of fused-ring (bicyclic) bond motifs is 1. The van der Waals surface area contributed by atoms with E-state index in [9.17, 15) is 9.18 Å². The highest BCUT2D eigenvalue weighted by Gasteiger charge is 2.37. The lowest BCUT2D eigenvalue weighted by molar-refractivity contribution is -0.153. The maximum absolute atomic E-state index is 13.5. The first-order chi connectivity index (χ1) is 10.2. The van der Waals surface area contributed by atoms with Gasteiger partial charge < -0.3 is 9.47 Å². The predicted octanol–water partition coefficient (Wildman–Crippen LogP) is 3.43. The number of carbonyl (C=O) groups is 1. The van der Waals surface area contributed by atoms with Gasteiger partial charge in [0.15, 0.2) is 0 Å². The number of hydrogen-bond donors (Lipinski definition) is 0. The average Bonchev–Trinajstić information content (AvgIpc) is 2.84. The Hall–Kier alpha value is -2.36. The zero-order valence-electron chi connectivity index (χ0n) is 11.6. The van der Waals surface area contributed by atoms with E-state index >= 15 is 0 Å². The Morgan fingerprint density at radius 3 is 2.67 bits per heavy atom. The Kier molecular flexibility index (Phi) is 3.60. The number of halogens is 1. The second-order valence-corrected chi connectivity index (χ2v) is 5.06. The Balaban J connectivity index is 1.67. The van der Waals surface area contributed by atoms with Gasteiger partial charge in [-0.05, 0) is 12.1 Å². The molecule has 0 aromatic heterocycles. The van der Waals surface area contributed by atoms with Crippen molar-refractivity contribution in [1.82, 2.24) is 0 Å². The number of hydrogen-bond acceptors (Lipinski definition) is 3. The van der Waals surface area contributed by atoms with Crippen LogP contribution in [0.3, 0.4) is 0 Å². The summed E-state index contributed by atoms with van der Waals surface area (Å²) in [7, 11) is 0. The lowest BCUT2D eigenvalue weighted by Crippen LogP contribution is -2.29. The van der Waals surface area contributed by atoms with Crippen LogP contribution in [0.15, 0.2) is 48.5 Å². The van der Waals surface area contributed by atoms with Gasteiger partial charge in [0, 0.05) is 17.0 Å². The third kappa shape index (κ3) is 2.61. The van der Waals surface area contributed by atoms with Gasteiger partial charge in [-0.15, -0.1) is 0 Å². The van der Waals surface area contributed by atoms with E-state index in [1.54, 1.807) is 18.2 Å². The first-order valence-corrected chi connectivity index (χ1v) is 6.82. The lowest BCUT2D eigenvalue weighted by atomic mass is 9.98. The molecule has 2 aromatic carbocycles. The number of para-hydroxylation sites is 1. The summed E-state index contributed by atoms with van der Waals surface area (Å²) in [5.41, 5.74) is 1.35. The van der Waals surface area contributed by atoms with Crippen molar-refractivity contribution in [3.63, 3.8) is 0 Å². The highest BCUT2D eigenvalue weighted by molar-refractivity contribution is 5.78. The second-order valence-electron chi connectivity index (χ2n) is 5.06. The third-order valence-corrected chi connectivity index (χ3v) is 3.68. The third-order valence-electron chi connectivity index (χ3n) is 3.68. The molecule has 4 heteroatoms. The molecule has 0 saturated heterocycles. The van der Waals surface area contributed by atoms with E-state index in [0.717, 1.165) is 5.56 Å². The number of benzene rings is 2. The van der Waals surface area contributed by atoms with Crippen molar-refractivity contribution in [3.05, 3.63) is 65.5 Å². The van der Waals surface area contributed by atoms with Crippen LogP contribution >= 0.6 is 0 Å². The molecule has 0 fully saturated rings. The fourth-order valence-corrected chi connectivity index (χ4v) is 2.46. The summed E-state index contributed by atoms with van der Waals surface area (Å²) in [6.45, 7) is 1.83. The van der Waals surface area contributed by atoms with Crippen LogP contribution in [0.25, 0.3) is 0 Å². The van der Waals surface area contributed by atoms with Gasteiger partial charge in [-0.2, -0.15) is 0 Å². The van der Waals surface area contributed by atoms with Crippen LogP contribution in [0.1, 0.15) is 24.0 Å². The summed E-state index contributed by atoms with van der Waals surface area (Å²) in [5.74, 6) is -0.219. The monoisotopic (exact) mass is 286 g/mol. The molecule has 3 nitrogen and oxygen atoms in total. The highest BCUT2D eigenvalue weighted by Crippen LogP contribution is 2.38. The smallest absolute Gasteiger partial charge is 0.348 e. The van der Waals surface area contributed by atoms with Crippen molar-refractivity contribution in [3.8, 4) is 5.75 Å². The van der Waals surface area contributed by atoms with Crippen molar-refractivity contribution in [2.75, 3.05) is 0 Å². The minimum absolute atomic E-state index is 0.0747. The van der Waals surface area contributed by atoms with Crippen molar-refractivity contribution in [2.45, 2.75) is 25.6 Å². The maximum Gasteiger partial charge on any atom is 0.348 e. The summed E-state index contributed by atoms with van der Waals surface area (Å²) < 4.78 is 24.3. The molecule has 0 aliphatic carbocycles. The first-order valence-electron chi connectivity index (χ1n) is 6.82. The molecule has 108 valence electrons. The van der Waals surface area contributed by atoms with Gasteiger partial charge in [0.1, 0.15) is 18.2 Å². The zero-order valence-corrected chi connectivity index (χ0v) is 11.6. The van der Waals surface area contributed by atoms with Crippen LogP contribution in [0.5, 0.6) is 5.75 Å². The molecule has 0 N–H and O–H groups in total. The molecule has 0 saturated carbocycles. The SMILES string of the molecule is CC1c2ccccc2OC1C(=O)OCc1ccccc1F. The van der Waals surface area contributed by atoms with Gasteiger partial charge in [-0.3, -0.25) is 0 Å². The fraction of sp³-hybridized carbons (Fsp3) is 0.235. The van der Waals surface area contributed by atoms with Crippen LogP contribution in [0.4, 0.5) is 4.39 Å². The summed E-state index contributed by atoms with van der Waals surface area (Å²) in [4.78, 5) is 12.1. The van der Waals surface area contributed by atoms with E-state index < -0.39 is 12.1 Å². The summed E-state index contributed by atoms with van der Waals surface area (Å²) in [5, 5.41) is 0. The normalized spacial score (nSPS) is 19.7. The quantitative estimate of drug-likeness (QED) is 0.811. The Bertz CT molecular complexity index is 669. The van der Waals surface area contributed by atoms with Gasteiger partial charge in [0.2, 0.25) is 6.10 Å². The Labute approximate surface area is 122 Å². The fourth-order valence-electron chi connectivity index (χ4n) is 2.46. The molecule has 1 heterocycles. The van der Waals surface area contributed by atoms with E-state index in [1.165, 1.54) is 6.07 Å².